The highest BCUT2D eigenvalue weighted by atomic mass is 35.5. The number of hydrogen-bond acceptors (Lipinski definition) is 2. The standard InChI is InChI=1S/C25H27F2NO.ClH/c1-18-8-6-9-19(2)25(18)21(15-28-14-20-10-4-3-5-11-20)16-29-17-22-23(26)12-7-13-24(22)27;/h3-13,21,28H,14-17H2,1-2H3;1H. The molecule has 0 aliphatic carbocycles. The molecule has 0 radical (unpaired) electrons. The molecule has 1 N–H and O–H groups in total. The summed E-state index contributed by atoms with van der Waals surface area (Å²) in [6.45, 7) is 5.93. The average Bonchev–Trinajstić information content (AvgIpc) is 2.70. The molecule has 2 nitrogen and oxygen atoms in total. The topological polar surface area (TPSA) is 21.3 Å². The number of ether oxygens (including phenoxy) is 1. The Morgan fingerprint density at radius 1 is 0.833 bits per heavy atom. The maximum absolute atomic E-state index is 13.9. The van der Waals surface area contributed by atoms with Crippen molar-refractivity contribution < 1.29 is 13.5 Å². The molecule has 3 aromatic rings. The van der Waals surface area contributed by atoms with Crippen molar-refractivity contribution in [3.63, 3.8) is 0 Å². The van der Waals surface area contributed by atoms with Gasteiger partial charge in [0.1, 0.15) is 11.6 Å². The summed E-state index contributed by atoms with van der Waals surface area (Å²) in [5.41, 5.74) is 4.79. The minimum absolute atomic E-state index is 0. The van der Waals surface area contributed by atoms with Crippen molar-refractivity contribution in [2.45, 2.75) is 32.9 Å². The third kappa shape index (κ3) is 6.36. The van der Waals surface area contributed by atoms with E-state index in [4.69, 9.17) is 4.74 Å². The Hall–Kier alpha value is -2.27. The Bertz CT molecular complexity index is 893. The number of aryl methyl sites for hydroxylation is 2. The Balaban J connectivity index is 0.00000320. The molecular formula is C25H28ClF2NO. The quantitative estimate of drug-likeness (QED) is 0.442. The molecule has 0 aliphatic rings. The van der Waals surface area contributed by atoms with E-state index >= 15 is 0 Å². The van der Waals surface area contributed by atoms with E-state index in [-0.39, 0.29) is 30.5 Å². The normalized spacial score (nSPS) is 11.7. The Labute approximate surface area is 183 Å². The van der Waals surface area contributed by atoms with Crippen molar-refractivity contribution in [1.82, 2.24) is 5.32 Å². The first-order valence-electron chi connectivity index (χ1n) is 9.87. The van der Waals surface area contributed by atoms with Gasteiger partial charge in [0, 0.05) is 24.6 Å². The first-order valence-corrected chi connectivity index (χ1v) is 9.87. The van der Waals surface area contributed by atoms with Crippen LogP contribution >= 0.6 is 12.4 Å². The van der Waals surface area contributed by atoms with Crippen LogP contribution in [0.25, 0.3) is 0 Å². The third-order valence-corrected chi connectivity index (χ3v) is 5.14. The summed E-state index contributed by atoms with van der Waals surface area (Å²) in [4.78, 5) is 0. The van der Waals surface area contributed by atoms with Crippen molar-refractivity contribution in [3.8, 4) is 0 Å². The van der Waals surface area contributed by atoms with Crippen molar-refractivity contribution in [2.75, 3.05) is 13.2 Å². The highest BCUT2D eigenvalue weighted by Gasteiger charge is 2.17. The predicted octanol–water partition coefficient (Wildman–Crippen LogP) is 6.09. The number of rotatable bonds is 9. The van der Waals surface area contributed by atoms with Gasteiger partial charge in [-0.3, -0.25) is 0 Å². The number of nitrogens with one attached hydrogen (secondary N) is 1. The second-order valence-corrected chi connectivity index (χ2v) is 7.33. The third-order valence-electron chi connectivity index (χ3n) is 5.14. The van der Waals surface area contributed by atoms with Crippen LogP contribution in [0.2, 0.25) is 0 Å². The molecule has 0 spiro atoms. The Kier molecular flexibility index (Phi) is 9.44. The number of benzene rings is 3. The predicted molar refractivity (Wildman–Crippen MR) is 120 cm³/mol. The number of hydrogen-bond donors (Lipinski definition) is 1. The van der Waals surface area contributed by atoms with E-state index in [9.17, 15) is 8.78 Å². The lowest BCUT2D eigenvalue weighted by Crippen LogP contribution is -2.25. The van der Waals surface area contributed by atoms with Gasteiger partial charge in [-0.15, -0.1) is 12.4 Å². The fraction of sp³-hybridized carbons (Fsp3) is 0.280. The molecule has 3 aromatic carbocycles. The van der Waals surface area contributed by atoms with Crippen LogP contribution in [0.15, 0.2) is 66.7 Å². The average molecular weight is 432 g/mol. The lowest BCUT2D eigenvalue weighted by molar-refractivity contribution is 0.101. The lowest BCUT2D eigenvalue weighted by Gasteiger charge is -2.22. The van der Waals surface area contributed by atoms with Crippen LogP contribution in [0.5, 0.6) is 0 Å². The molecule has 3 rings (SSSR count). The van der Waals surface area contributed by atoms with Gasteiger partial charge in [-0.05, 0) is 48.2 Å². The van der Waals surface area contributed by atoms with Crippen molar-refractivity contribution in [1.29, 1.82) is 0 Å². The molecule has 1 atom stereocenters. The molecule has 0 heterocycles. The van der Waals surface area contributed by atoms with E-state index < -0.39 is 11.6 Å². The highest BCUT2D eigenvalue weighted by molar-refractivity contribution is 5.85. The van der Waals surface area contributed by atoms with Gasteiger partial charge in [-0.25, -0.2) is 8.78 Å². The van der Waals surface area contributed by atoms with Gasteiger partial charge in [0.2, 0.25) is 0 Å². The van der Waals surface area contributed by atoms with E-state index in [1.807, 2.05) is 24.3 Å². The summed E-state index contributed by atoms with van der Waals surface area (Å²) in [6.07, 6.45) is 0. The van der Waals surface area contributed by atoms with Crippen LogP contribution in [0.1, 0.15) is 33.7 Å². The summed E-state index contributed by atoms with van der Waals surface area (Å²) in [7, 11) is 0. The summed E-state index contributed by atoms with van der Waals surface area (Å²) in [6, 6.07) is 20.3. The fourth-order valence-corrected chi connectivity index (χ4v) is 3.68. The molecule has 0 amide bonds. The maximum Gasteiger partial charge on any atom is 0.131 e. The molecule has 0 aliphatic heterocycles. The van der Waals surface area contributed by atoms with Crippen LogP contribution in [-0.4, -0.2) is 13.2 Å². The van der Waals surface area contributed by atoms with Crippen LogP contribution < -0.4 is 5.32 Å². The molecule has 160 valence electrons. The van der Waals surface area contributed by atoms with Crippen molar-refractivity contribution >= 4 is 12.4 Å². The zero-order valence-corrected chi connectivity index (χ0v) is 18.1. The summed E-state index contributed by atoms with van der Waals surface area (Å²) < 4.78 is 33.6. The largest absolute Gasteiger partial charge is 0.376 e. The molecule has 1 unspecified atom stereocenters. The zero-order chi connectivity index (χ0) is 20.6. The number of halogens is 3. The van der Waals surface area contributed by atoms with Gasteiger partial charge in [-0.1, -0.05) is 54.6 Å². The molecule has 0 aromatic heterocycles. The van der Waals surface area contributed by atoms with Gasteiger partial charge in [-0.2, -0.15) is 0 Å². The Morgan fingerprint density at radius 3 is 2.07 bits per heavy atom. The molecule has 0 fully saturated rings. The summed E-state index contributed by atoms with van der Waals surface area (Å²) in [5.74, 6) is -1.07. The van der Waals surface area contributed by atoms with Crippen molar-refractivity contribution in [2.24, 2.45) is 0 Å². The van der Waals surface area contributed by atoms with E-state index in [2.05, 4.69) is 43.4 Å². The Morgan fingerprint density at radius 2 is 1.43 bits per heavy atom. The van der Waals surface area contributed by atoms with Gasteiger partial charge >= 0.3 is 0 Å². The lowest BCUT2D eigenvalue weighted by atomic mass is 9.91. The van der Waals surface area contributed by atoms with Crippen molar-refractivity contribution in [3.05, 3.63) is 106 Å². The van der Waals surface area contributed by atoms with Crippen LogP contribution in [-0.2, 0) is 17.9 Å². The molecule has 5 heteroatoms. The fourth-order valence-electron chi connectivity index (χ4n) is 3.68. The molecule has 0 saturated carbocycles. The smallest absolute Gasteiger partial charge is 0.131 e. The maximum atomic E-state index is 13.9. The van der Waals surface area contributed by atoms with Crippen LogP contribution in [0.3, 0.4) is 0 Å². The first-order chi connectivity index (χ1) is 14.1. The van der Waals surface area contributed by atoms with E-state index in [1.54, 1.807) is 0 Å². The minimum Gasteiger partial charge on any atom is -0.376 e. The van der Waals surface area contributed by atoms with E-state index in [1.165, 1.54) is 40.5 Å². The summed E-state index contributed by atoms with van der Waals surface area (Å²) in [5, 5.41) is 3.50. The van der Waals surface area contributed by atoms with Gasteiger partial charge in [0.25, 0.3) is 0 Å². The highest BCUT2D eigenvalue weighted by Crippen LogP contribution is 2.25. The van der Waals surface area contributed by atoms with Gasteiger partial charge in [0.15, 0.2) is 0 Å². The van der Waals surface area contributed by atoms with E-state index in [0.717, 1.165) is 6.54 Å². The van der Waals surface area contributed by atoms with Crippen LogP contribution in [0.4, 0.5) is 8.78 Å². The molecular weight excluding hydrogens is 404 g/mol. The second-order valence-electron chi connectivity index (χ2n) is 7.33. The monoisotopic (exact) mass is 431 g/mol. The van der Waals surface area contributed by atoms with Gasteiger partial charge in [0.05, 0.1) is 13.2 Å². The first kappa shape index (κ1) is 24.0. The van der Waals surface area contributed by atoms with Gasteiger partial charge < -0.3 is 10.1 Å². The molecule has 0 bridgehead atoms. The zero-order valence-electron chi connectivity index (χ0n) is 17.3. The molecule has 30 heavy (non-hydrogen) atoms. The van der Waals surface area contributed by atoms with Crippen LogP contribution in [0, 0.1) is 25.5 Å². The molecule has 0 saturated heterocycles. The minimum atomic E-state index is -0.573. The van der Waals surface area contributed by atoms with E-state index in [0.29, 0.717) is 13.2 Å². The second kappa shape index (κ2) is 11.8. The summed E-state index contributed by atoms with van der Waals surface area (Å²) >= 11 is 0. The SMILES string of the molecule is Cc1cccc(C)c1C(CNCc1ccccc1)COCc1c(F)cccc1F.Cl.